The van der Waals surface area contributed by atoms with Crippen LogP contribution in [-0.4, -0.2) is 27.1 Å². The van der Waals surface area contributed by atoms with E-state index < -0.39 is 0 Å². The van der Waals surface area contributed by atoms with Crippen molar-refractivity contribution in [2.24, 2.45) is 0 Å². The maximum atomic E-state index is 12.4. The van der Waals surface area contributed by atoms with Crippen LogP contribution in [0.4, 0.5) is 5.95 Å². The van der Waals surface area contributed by atoms with Crippen molar-refractivity contribution in [1.82, 2.24) is 14.5 Å². The molecule has 0 N–H and O–H groups in total. The van der Waals surface area contributed by atoms with E-state index in [-0.39, 0.29) is 5.56 Å². The topological polar surface area (TPSA) is 51.0 Å². The number of hydrogen-bond donors (Lipinski definition) is 0. The van der Waals surface area contributed by atoms with Crippen molar-refractivity contribution in [3.63, 3.8) is 0 Å². The minimum Gasteiger partial charge on any atom is -0.337 e. The second-order valence-electron chi connectivity index (χ2n) is 5.05. The first-order valence-corrected chi connectivity index (χ1v) is 6.47. The van der Waals surface area contributed by atoms with Gasteiger partial charge in [-0.05, 0) is 31.4 Å². The molecule has 0 bridgehead atoms. The zero-order chi connectivity index (χ0) is 12.1. The fraction of sp³-hybridized carbons (Fsp3) is 0.462. The third kappa shape index (κ3) is 1.24. The first-order chi connectivity index (χ1) is 8.84. The molecule has 0 aliphatic carbocycles. The Kier molecular flexibility index (Phi) is 1.98. The normalized spacial score (nSPS) is 22.0. The van der Waals surface area contributed by atoms with Gasteiger partial charge in [-0.2, -0.15) is 4.98 Å². The van der Waals surface area contributed by atoms with Gasteiger partial charge in [0.2, 0.25) is 5.95 Å². The molecule has 5 nitrogen and oxygen atoms in total. The standard InChI is InChI=1S/C13H14N4O/c18-12-10-5-3-6-14-11(10)15-13-16-7-2-1-4-9(16)8-17(12)13/h3,5-6,9H,1-2,4,7-8H2. The number of nitrogens with zero attached hydrogens (tertiary/aromatic N) is 4. The Hall–Kier alpha value is -1.91. The predicted molar refractivity (Wildman–Crippen MR) is 68.8 cm³/mol. The van der Waals surface area contributed by atoms with Crippen LogP contribution in [0.1, 0.15) is 19.3 Å². The highest BCUT2D eigenvalue weighted by molar-refractivity contribution is 5.74. The summed E-state index contributed by atoms with van der Waals surface area (Å²) in [4.78, 5) is 23.5. The second kappa shape index (κ2) is 3.54. The van der Waals surface area contributed by atoms with E-state index in [4.69, 9.17) is 0 Å². The summed E-state index contributed by atoms with van der Waals surface area (Å²) < 4.78 is 1.82. The van der Waals surface area contributed by atoms with Gasteiger partial charge in [0.05, 0.1) is 5.39 Å². The van der Waals surface area contributed by atoms with Gasteiger partial charge in [0.25, 0.3) is 5.56 Å². The molecule has 5 heteroatoms. The van der Waals surface area contributed by atoms with Crippen molar-refractivity contribution in [1.29, 1.82) is 0 Å². The molecule has 92 valence electrons. The monoisotopic (exact) mass is 242 g/mol. The molecule has 0 radical (unpaired) electrons. The lowest BCUT2D eigenvalue weighted by molar-refractivity contribution is 0.459. The lowest BCUT2D eigenvalue weighted by atomic mass is 10.0. The molecular formula is C13H14N4O. The Morgan fingerprint density at radius 2 is 2.28 bits per heavy atom. The van der Waals surface area contributed by atoms with Gasteiger partial charge in [-0.15, -0.1) is 0 Å². The lowest BCUT2D eigenvalue weighted by Crippen LogP contribution is -2.36. The van der Waals surface area contributed by atoms with E-state index in [1.54, 1.807) is 12.3 Å². The molecule has 1 unspecified atom stereocenters. The van der Waals surface area contributed by atoms with Crippen molar-refractivity contribution >= 4 is 17.0 Å². The van der Waals surface area contributed by atoms with E-state index >= 15 is 0 Å². The third-order valence-electron chi connectivity index (χ3n) is 3.99. The van der Waals surface area contributed by atoms with Gasteiger partial charge >= 0.3 is 0 Å². The maximum Gasteiger partial charge on any atom is 0.264 e. The molecule has 0 aromatic carbocycles. The second-order valence-corrected chi connectivity index (χ2v) is 5.05. The Morgan fingerprint density at radius 1 is 1.33 bits per heavy atom. The molecule has 1 atom stereocenters. The van der Waals surface area contributed by atoms with Crippen molar-refractivity contribution in [2.45, 2.75) is 31.8 Å². The van der Waals surface area contributed by atoms with E-state index in [2.05, 4.69) is 14.9 Å². The molecule has 4 heterocycles. The Labute approximate surface area is 104 Å². The summed E-state index contributed by atoms with van der Waals surface area (Å²) in [7, 11) is 0. The van der Waals surface area contributed by atoms with Crippen LogP contribution in [0.15, 0.2) is 23.1 Å². The number of rotatable bonds is 0. The molecule has 2 aliphatic rings. The van der Waals surface area contributed by atoms with Crippen LogP contribution in [0, 0.1) is 0 Å². The molecule has 1 saturated heterocycles. The highest BCUT2D eigenvalue weighted by Gasteiger charge is 2.33. The molecule has 2 aliphatic heterocycles. The minimum atomic E-state index is 0.0532. The first-order valence-electron chi connectivity index (χ1n) is 6.47. The molecule has 1 fully saturated rings. The average molecular weight is 242 g/mol. The van der Waals surface area contributed by atoms with Crippen molar-refractivity contribution in [3.8, 4) is 0 Å². The zero-order valence-electron chi connectivity index (χ0n) is 10.0. The summed E-state index contributed by atoms with van der Waals surface area (Å²) >= 11 is 0. The molecule has 4 rings (SSSR count). The van der Waals surface area contributed by atoms with Crippen molar-refractivity contribution in [3.05, 3.63) is 28.7 Å². The quantitative estimate of drug-likeness (QED) is 0.695. The largest absolute Gasteiger partial charge is 0.337 e. The fourth-order valence-corrected chi connectivity index (χ4v) is 3.09. The minimum absolute atomic E-state index is 0.0532. The fourth-order valence-electron chi connectivity index (χ4n) is 3.09. The smallest absolute Gasteiger partial charge is 0.264 e. The van der Waals surface area contributed by atoms with Crippen LogP contribution >= 0.6 is 0 Å². The van der Waals surface area contributed by atoms with Gasteiger partial charge in [0, 0.05) is 25.3 Å². The summed E-state index contributed by atoms with van der Waals surface area (Å²) in [6, 6.07) is 4.05. The zero-order valence-corrected chi connectivity index (χ0v) is 10.0. The molecule has 0 spiro atoms. The highest BCUT2D eigenvalue weighted by atomic mass is 16.1. The average Bonchev–Trinajstić information content (AvgIpc) is 2.79. The Morgan fingerprint density at radius 3 is 3.22 bits per heavy atom. The number of fused-ring (bicyclic) bond motifs is 4. The molecule has 0 amide bonds. The van der Waals surface area contributed by atoms with Crippen LogP contribution < -0.4 is 10.5 Å². The summed E-state index contributed by atoms with van der Waals surface area (Å²) in [6.45, 7) is 1.79. The van der Waals surface area contributed by atoms with E-state index in [9.17, 15) is 4.79 Å². The number of aromatic nitrogens is 3. The summed E-state index contributed by atoms with van der Waals surface area (Å²) in [5, 5.41) is 0.626. The highest BCUT2D eigenvalue weighted by Crippen LogP contribution is 2.29. The lowest BCUT2D eigenvalue weighted by Gasteiger charge is -2.29. The molecular weight excluding hydrogens is 228 g/mol. The van der Waals surface area contributed by atoms with Gasteiger partial charge in [0.1, 0.15) is 0 Å². The van der Waals surface area contributed by atoms with E-state index in [0.717, 1.165) is 25.5 Å². The van der Waals surface area contributed by atoms with Gasteiger partial charge in [-0.1, -0.05) is 0 Å². The van der Waals surface area contributed by atoms with Crippen LogP contribution in [0.3, 0.4) is 0 Å². The number of anilines is 1. The third-order valence-corrected chi connectivity index (χ3v) is 3.99. The summed E-state index contributed by atoms with van der Waals surface area (Å²) in [5.74, 6) is 0.816. The molecule has 2 aromatic heterocycles. The molecule has 0 saturated carbocycles. The number of piperidine rings is 1. The SMILES string of the molecule is O=c1c2cccnc2nc2n1CC1CCCCN21. The maximum absolute atomic E-state index is 12.4. The van der Waals surface area contributed by atoms with Gasteiger partial charge in [-0.3, -0.25) is 9.36 Å². The Balaban J connectivity index is 1.99. The van der Waals surface area contributed by atoms with Crippen LogP contribution in [0.5, 0.6) is 0 Å². The van der Waals surface area contributed by atoms with E-state index in [0.29, 0.717) is 17.1 Å². The van der Waals surface area contributed by atoms with Crippen molar-refractivity contribution in [2.75, 3.05) is 11.4 Å². The van der Waals surface area contributed by atoms with Crippen LogP contribution in [0.2, 0.25) is 0 Å². The van der Waals surface area contributed by atoms with Crippen LogP contribution in [0.25, 0.3) is 11.0 Å². The van der Waals surface area contributed by atoms with Crippen LogP contribution in [-0.2, 0) is 6.54 Å². The van der Waals surface area contributed by atoms with E-state index in [1.807, 2.05) is 10.6 Å². The number of hydrogen-bond acceptors (Lipinski definition) is 4. The number of pyridine rings is 1. The predicted octanol–water partition coefficient (Wildman–Crippen LogP) is 1.16. The first kappa shape index (κ1) is 10.1. The van der Waals surface area contributed by atoms with Gasteiger partial charge < -0.3 is 4.90 Å². The van der Waals surface area contributed by atoms with Gasteiger partial charge in [0.15, 0.2) is 5.65 Å². The van der Waals surface area contributed by atoms with Gasteiger partial charge in [-0.25, -0.2) is 4.98 Å². The van der Waals surface area contributed by atoms with Crippen molar-refractivity contribution < 1.29 is 0 Å². The summed E-state index contributed by atoms with van der Waals surface area (Å²) in [6.07, 6.45) is 5.29. The van der Waals surface area contributed by atoms with E-state index in [1.165, 1.54) is 12.8 Å². The molecule has 2 aromatic rings. The Bertz CT molecular complexity index is 678. The summed E-state index contributed by atoms with van der Waals surface area (Å²) in [5.41, 5.74) is 0.623. The molecule has 18 heavy (non-hydrogen) atoms.